The molecule has 0 radical (unpaired) electrons. The van der Waals surface area contributed by atoms with Gasteiger partial charge in [-0.1, -0.05) is 17.3 Å². The van der Waals surface area contributed by atoms with Crippen molar-refractivity contribution < 1.29 is 17.7 Å². The third-order valence-corrected chi connectivity index (χ3v) is 3.15. The number of alkyl halides is 3. The van der Waals surface area contributed by atoms with Gasteiger partial charge in [-0.3, -0.25) is 0 Å². The lowest BCUT2D eigenvalue weighted by atomic mass is 10.1. The Morgan fingerprint density at radius 3 is 2.53 bits per heavy atom. The van der Waals surface area contributed by atoms with Gasteiger partial charge in [0, 0.05) is 5.56 Å². The maximum Gasteiger partial charge on any atom is 0.416 e. The van der Waals surface area contributed by atoms with E-state index < -0.39 is 11.7 Å². The van der Waals surface area contributed by atoms with Crippen molar-refractivity contribution in [3.8, 4) is 11.3 Å². The van der Waals surface area contributed by atoms with Crippen molar-refractivity contribution >= 4 is 28.4 Å². The first-order valence-electron chi connectivity index (χ1n) is 4.48. The first-order chi connectivity index (χ1) is 7.89. The van der Waals surface area contributed by atoms with Gasteiger partial charge < -0.3 is 10.3 Å². The van der Waals surface area contributed by atoms with Crippen molar-refractivity contribution in [3.05, 3.63) is 33.4 Å². The molecule has 0 fully saturated rings. The predicted octanol–water partition coefficient (Wildman–Crippen LogP) is 3.55. The number of hydrogen-bond acceptors (Lipinski definition) is 3. The highest BCUT2D eigenvalue weighted by Gasteiger charge is 2.31. The van der Waals surface area contributed by atoms with Gasteiger partial charge in [-0.25, -0.2) is 0 Å². The summed E-state index contributed by atoms with van der Waals surface area (Å²) in [5, 5.41) is 3.50. The van der Waals surface area contributed by atoms with Crippen molar-refractivity contribution in [1.82, 2.24) is 5.16 Å². The molecule has 2 N–H and O–H groups in total. The van der Waals surface area contributed by atoms with Gasteiger partial charge in [0.1, 0.15) is 3.57 Å². The summed E-state index contributed by atoms with van der Waals surface area (Å²) >= 11 is 1.87. The highest BCUT2D eigenvalue weighted by Crippen LogP contribution is 2.34. The van der Waals surface area contributed by atoms with Crippen LogP contribution in [-0.4, -0.2) is 5.16 Å². The van der Waals surface area contributed by atoms with E-state index in [4.69, 9.17) is 10.3 Å². The van der Waals surface area contributed by atoms with Crippen LogP contribution in [0.4, 0.5) is 19.0 Å². The van der Waals surface area contributed by atoms with E-state index in [2.05, 4.69) is 5.16 Å². The second-order valence-electron chi connectivity index (χ2n) is 3.29. The number of nitrogens with two attached hydrogens (primary N) is 1. The minimum Gasteiger partial charge on any atom is -0.380 e. The van der Waals surface area contributed by atoms with Crippen molar-refractivity contribution in [1.29, 1.82) is 0 Å². The van der Waals surface area contributed by atoms with Gasteiger partial charge >= 0.3 is 6.18 Å². The van der Waals surface area contributed by atoms with Crippen LogP contribution in [0.3, 0.4) is 0 Å². The van der Waals surface area contributed by atoms with Crippen LogP contribution in [0.15, 0.2) is 28.8 Å². The van der Waals surface area contributed by atoms with Gasteiger partial charge in [-0.15, -0.1) is 0 Å². The summed E-state index contributed by atoms with van der Waals surface area (Å²) in [4.78, 5) is 0. The quantitative estimate of drug-likeness (QED) is 0.797. The van der Waals surface area contributed by atoms with E-state index in [1.807, 2.05) is 22.6 Å². The summed E-state index contributed by atoms with van der Waals surface area (Å²) in [7, 11) is 0. The van der Waals surface area contributed by atoms with Crippen LogP contribution >= 0.6 is 22.6 Å². The molecule has 0 bridgehead atoms. The van der Waals surface area contributed by atoms with Gasteiger partial charge in [-0.2, -0.15) is 13.2 Å². The molecule has 0 saturated heterocycles. The molecule has 0 aliphatic rings. The minimum absolute atomic E-state index is 0.165. The molecule has 0 aliphatic heterocycles. The van der Waals surface area contributed by atoms with Crippen LogP contribution in [0.1, 0.15) is 5.56 Å². The maximum absolute atomic E-state index is 12.5. The van der Waals surface area contributed by atoms with Crippen molar-refractivity contribution in [2.75, 3.05) is 5.73 Å². The van der Waals surface area contributed by atoms with E-state index in [1.54, 1.807) is 0 Å². The number of benzene rings is 1. The molecule has 17 heavy (non-hydrogen) atoms. The third kappa shape index (κ3) is 2.38. The standard InChI is InChI=1S/C10H6F3IN2O/c11-10(12,13)6-3-1-2-5(4-6)8-7(14)9(15)16-17-8/h1-4H,(H2,15,16). The molecule has 90 valence electrons. The SMILES string of the molecule is Nc1noc(-c2cccc(C(F)(F)F)c2)c1I. The number of anilines is 1. The molecule has 1 aromatic heterocycles. The molecular formula is C10H6F3IN2O. The van der Waals surface area contributed by atoms with Crippen LogP contribution in [-0.2, 0) is 6.18 Å². The molecule has 7 heteroatoms. The summed E-state index contributed by atoms with van der Waals surface area (Å²) in [5.41, 5.74) is 5.03. The van der Waals surface area contributed by atoms with Crippen molar-refractivity contribution in [3.63, 3.8) is 0 Å². The van der Waals surface area contributed by atoms with Crippen LogP contribution in [0.25, 0.3) is 11.3 Å². The molecular weight excluding hydrogens is 348 g/mol. The van der Waals surface area contributed by atoms with Gasteiger partial charge in [0.05, 0.1) is 5.56 Å². The second kappa shape index (κ2) is 4.21. The Bertz CT molecular complexity index is 551. The molecule has 0 atom stereocenters. The first-order valence-corrected chi connectivity index (χ1v) is 5.56. The van der Waals surface area contributed by atoms with E-state index >= 15 is 0 Å². The Hall–Kier alpha value is -1.25. The zero-order valence-electron chi connectivity index (χ0n) is 8.25. The summed E-state index contributed by atoms with van der Waals surface area (Å²) in [5.74, 6) is 0.409. The lowest BCUT2D eigenvalue weighted by Crippen LogP contribution is -2.04. The Morgan fingerprint density at radius 2 is 2.00 bits per heavy atom. The molecule has 0 spiro atoms. The third-order valence-electron chi connectivity index (χ3n) is 2.11. The van der Waals surface area contributed by atoms with E-state index in [0.29, 0.717) is 9.13 Å². The zero-order chi connectivity index (χ0) is 12.6. The molecule has 0 unspecified atom stereocenters. The number of rotatable bonds is 1. The number of aromatic nitrogens is 1. The number of nitrogen functional groups attached to an aromatic ring is 1. The van der Waals surface area contributed by atoms with Crippen molar-refractivity contribution in [2.45, 2.75) is 6.18 Å². The highest BCUT2D eigenvalue weighted by molar-refractivity contribution is 14.1. The average molecular weight is 354 g/mol. The molecule has 0 amide bonds. The largest absolute Gasteiger partial charge is 0.416 e. The Balaban J connectivity index is 2.51. The Morgan fingerprint density at radius 1 is 1.29 bits per heavy atom. The van der Waals surface area contributed by atoms with Gasteiger partial charge in [-0.05, 0) is 34.7 Å². The average Bonchev–Trinajstić information content (AvgIpc) is 2.59. The fourth-order valence-electron chi connectivity index (χ4n) is 1.31. The van der Waals surface area contributed by atoms with E-state index in [0.717, 1.165) is 12.1 Å². The lowest BCUT2D eigenvalue weighted by Gasteiger charge is -2.07. The molecule has 0 aliphatic carbocycles. The van der Waals surface area contributed by atoms with Crippen LogP contribution in [0, 0.1) is 3.57 Å². The van der Waals surface area contributed by atoms with Crippen LogP contribution in [0.2, 0.25) is 0 Å². The van der Waals surface area contributed by atoms with E-state index in [1.165, 1.54) is 12.1 Å². The lowest BCUT2D eigenvalue weighted by molar-refractivity contribution is -0.137. The molecule has 1 aromatic carbocycles. The normalized spacial score (nSPS) is 11.8. The Kier molecular flexibility index (Phi) is 3.02. The Labute approximate surface area is 108 Å². The maximum atomic E-state index is 12.5. The minimum atomic E-state index is -4.38. The molecule has 1 heterocycles. The molecule has 2 rings (SSSR count). The number of halogens is 4. The summed E-state index contributed by atoms with van der Waals surface area (Å²) in [6.45, 7) is 0. The monoisotopic (exact) mass is 354 g/mol. The number of hydrogen-bond donors (Lipinski definition) is 1. The van der Waals surface area contributed by atoms with Crippen LogP contribution < -0.4 is 5.73 Å². The molecule has 3 nitrogen and oxygen atoms in total. The molecule has 0 saturated carbocycles. The van der Waals surface area contributed by atoms with E-state index in [9.17, 15) is 13.2 Å². The van der Waals surface area contributed by atoms with Crippen LogP contribution in [0.5, 0.6) is 0 Å². The van der Waals surface area contributed by atoms with Crippen molar-refractivity contribution in [2.24, 2.45) is 0 Å². The van der Waals surface area contributed by atoms with E-state index in [-0.39, 0.29) is 11.6 Å². The van der Waals surface area contributed by atoms with Gasteiger partial charge in [0.25, 0.3) is 0 Å². The number of nitrogens with zero attached hydrogens (tertiary/aromatic N) is 1. The van der Waals surface area contributed by atoms with Gasteiger partial charge in [0.2, 0.25) is 0 Å². The zero-order valence-corrected chi connectivity index (χ0v) is 10.4. The fraction of sp³-hybridized carbons (Fsp3) is 0.100. The predicted molar refractivity (Wildman–Crippen MR) is 64.1 cm³/mol. The molecule has 2 aromatic rings. The topological polar surface area (TPSA) is 52.0 Å². The summed E-state index contributed by atoms with van der Waals surface area (Å²) < 4.78 is 43.0. The highest BCUT2D eigenvalue weighted by atomic mass is 127. The smallest absolute Gasteiger partial charge is 0.380 e. The fourth-order valence-corrected chi connectivity index (χ4v) is 1.82. The summed E-state index contributed by atoms with van der Waals surface area (Å²) in [6.07, 6.45) is -4.38. The first kappa shape index (κ1) is 12.2. The van der Waals surface area contributed by atoms with Gasteiger partial charge in [0.15, 0.2) is 11.6 Å². The second-order valence-corrected chi connectivity index (χ2v) is 4.37. The summed E-state index contributed by atoms with van der Waals surface area (Å²) in [6, 6.07) is 4.82.